The lowest BCUT2D eigenvalue weighted by Gasteiger charge is -2.09. The molecule has 0 spiro atoms. The van der Waals surface area contributed by atoms with E-state index in [1.165, 1.54) is 30.1 Å². The number of sulfonamides is 1. The summed E-state index contributed by atoms with van der Waals surface area (Å²) in [6.45, 7) is 1.77. The van der Waals surface area contributed by atoms with Gasteiger partial charge in [-0.25, -0.2) is 13.1 Å². The lowest BCUT2D eigenvalue weighted by atomic mass is 10.2. The van der Waals surface area contributed by atoms with Crippen molar-refractivity contribution >= 4 is 39.2 Å². The summed E-state index contributed by atoms with van der Waals surface area (Å²) < 4.78 is 34.3. The molecule has 34 heavy (non-hydrogen) atoms. The highest BCUT2D eigenvalue weighted by Gasteiger charge is 2.14. The number of aromatic amines is 1. The van der Waals surface area contributed by atoms with Crippen molar-refractivity contribution in [3.8, 4) is 11.4 Å². The number of nitrogens with one attached hydrogen (secondary N) is 2. The Bertz CT molecular complexity index is 1490. The molecular formula is C24H21ClN4O4S. The summed E-state index contributed by atoms with van der Waals surface area (Å²) >= 11 is 5.92. The van der Waals surface area contributed by atoms with Crippen LogP contribution in [0.15, 0.2) is 87.5 Å². The number of aryl methyl sites for hydroxylation is 1. The first-order chi connectivity index (χ1) is 16.3. The van der Waals surface area contributed by atoms with Gasteiger partial charge >= 0.3 is 0 Å². The third kappa shape index (κ3) is 5.05. The van der Waals surface area contributed by atoms with Gasteiger partial charge in [-0.1, -0.05) is 11.6 Å². The highest BCUT2D eigenvalue weighted by Crippen LogP contribution is 2.21. The molecule has 10 heteroatoms. The molecule has 0 amide bonds. The maximum atomic E-state index is 12.8. The van der Waals surface area contributed by atoms with E-state index in [-0.39, 0.29) is 10.5 Å². The van der Waals surface area contributed by atoms with E-state index in [4.69, 9.17) is 16.3 Å². The zero-order valence-electron chi connectivity index (χ0n) is 18.3. The molecule has 0 saturated carbocycles. The minimum Gasteiger partial charge on any atom is -0.497 e. The van der Waals surface area contributed by atoms with E-state index in [1.54, 1.807) is 67.6 Å². The number of aliphatic imine (C=N–C) groups is 1. The first-order valence-electron chi connectivity index (χ1n) is 10.2. The Labute approximate surface area is 201 Å². The summed E-state index contributed by atoms with van der Waals surface area (Å²) in [4.78, 5) is 17.2. The molecule has 3 aromatic carbocycles. The average molecular weight is 497 g/mol. The first kappa shape index (κ1) is 23.3. The van der Waals surface area contributed by atoms with Crippen molar-refractivity contribution in [1.29, 1.82) is 0 Å². The van der Waals surface area contributed by atoms with Crippen LogP contribution in [0.4, 0.5) is 11.4 Å². The van der Waals surface area contributed by atoms with Gasteiger partial charge in [-0.2, -0.15) is 0 Å². The van der Waals surface area contributed by atoms with Crippen LogP contribution >= 0.6 is 11.6 Å². The number of hydrogen-bond acceptors (Lipinski definition) is 5. The molecule has 0 unspecified atom stereocenters. The summed E-state index contributed by atoms with van der Waals surface area (Å²) in [7, 11) is -2.23. The predicted octanol–water partition coefficient (Wildman–Crippen LogP) is 4.69. The fraction of sp³-hybridized carbons (Fsp3) is 0.0833. The number of benzene rings is 3. The minimum absolute atomic E-state index is 0.0881. The summed E-state index contributed by atoms with van der Waals surface area (Å²) in [6, 6.07) is 19.5. The fourth-order valence-corrected chi connectivity index (χ4v) is 4.39. The normalized spacial score (nSPS) is 11.6. The highest BCUT2D eigenvalue weighted by molar-refractivity contribution is 7.92. The van der Waals surface area contributed by atoms with Crippen LogP contribution in [0.1, 0.15) is 11.3 Å². The molecule has 4 rings (SSSR count). The molecule has 1 heterocycles. The van der Waals surface area contributed by atoms with Crippen LogP contribution in [-0.2, 0) is 10.0 Å². The number of rotatable bonds is 7. The van der Waals surface area contributed by atoms with E-state index in [9.17, 15) is 13.2 Å². The lowest BCUT2D eigenvalue weighted by Crippen LogP contribution is -2.17. The third-order valence-electron chi connectivity index (χ3n) is 5.03. The predicted molar refractivity (Wildman–Crippen MR) is 134 cm³/mol. The number of nitrogens with zero attached hydrogens (tertiary/aromatic N) is 2. The van der Waals surface area contributed by atoms with E-state index in [0.29, 0.717) is 39.1 Å². The van der Waals surface area contributed by atoms with Crippen molar-refractivity contribution in [2.45, 2.75) is 11.8 Å². The Morgan fingerprint density at radius 2 is 1.65 bits per heavy atom. The lowest BCUT2D eigenvalue weighted by molar-refractivity contribution is 0.415. The van der Waals surface area contributed by atoms with Gasteiger partial charge in [-0.05, 0) is 79.7 Å². The Morgan fingerprint density at radius 1 is 1.00 bits per heavy atom. The van der Waals surface area contributed by atoms with Crippen LogP contribution in [-0.4, -0.2) is 31.5 Å². The maximum absolute atomic E-state index is 12.8. The third-order valence-corrected chi connectivity index (χ3v) is 6.68. The van der Waals surface area contributed by atoms with Gasteiger partial charge in [0.2, 0.25) is 0 Å². The van der Waals surface area contributed by atoms with Crippen LogP contribution in [0.25, 0.3) is 5.69 Å². The fourth-order valence-electron chi connectivity index (χ4n) is 3.21. The van der Waals surface area contributed by atoms with Gasteiger partial charge in [0.25, 0.3) is 15.6 Å². The molecule has 174 valence electrons. The average Bonchev–Trinajstić information content (AvgIpc) is 3.12. The molecule has 0 saturated heterocycles. The standard InChI is InChI=1S/C24H21ClN4O4S/c1-16-23(24(30)29(27-16)20-9-3-17(25)4-10-20)15-26-18-7-13-22(14-8-18)34(31,32)28-19-5-11-21(33-2)12-6-19/h3-15,27-28H,1-2H3. The molecule has 0 aliphatic carbocycles. The number of anilines is 1. The molecule has 0 atom stereocenters. The molecule has 8 nitrogen and oxygen atoms in total. The Hall–Kier alpha value is -3.82. The van der Waals surface area contributed by atoms with Crippen molar-refractivity contribution < 1.29 is 13.2 Å². The molecule has 4 aromatic rings. The van der Waals surface area contributed by atoms with E-state index >= 15 is 0 Å². The van der Waals surface area contributed by atoms with Crippen LogP contribution < -0.4 is 15.0 Å². The second kappa shape index (κ2) is 9.58. The van der Waals surface area contributed by atoms with Crippen molar-refractivity contribution in [1.82, 2.24) is 9.78 Å². The van der Waals surface area contributed by atoms with Gasteiger partial charge in [-0.3, -0.25) is 19.6 Å². The van der Waals surface area contributed by atoms with Crippen LogP contribution in [0.2, 0.25) is 5.02 Å². The van der Waals surface area contributed by atoms with E-state index in [1.807, 2.05) is 0 Å². The summed E-state index contributed by atoms with van der Waals surface area (Å²) in [6.07, 6.45) is 1.46. The molecule has 0 radical (unpaired) electrons. The Morgan fingerprint density at radius 3 is 2.26 bits per heavy atom. The number of aromatic nitrogens is 2. The smallest absolute Gasteiger partial charge is 0.280 e. The molecule has 0 aliphatic heterocycles. The topological polar surface area (TPSA) is 106 Å². The van der Waals surface area contributed by atoms with Crippen LogP contribution in [0.3, 0.4) is 0 Å². The van der Waals surface area contributed by atoms with Crippen molar-refractivity contribution in [3.05, 3.63) is 99.4 Å². The summed E-state index contributed by atoms with van der Waals surface area (Å²) in [5.41, 5.74) is 2.35. The number of methoxy groups -OCH3 is 1. The molecule has 2 N–H and O–H groups in total. The Kier molecular flexibility index (Phi) is 6.58. The summed E-state index contributed by atoms with van der Waals surface area (Å²) in [5.74, 6) is 0.628. The van der Waals surface area contributed by atoms with Gasteiger partial charge in [0, 0.05) is 22.6 Å². The molecule has 0 aliphatic rings. The van der Waals surface area contributed by atoms with Gasteiger partial charge in [-0.15, -0.1) is 0 Å². The number of ether oxygens (including phenoxy) is 1. The molecule has 0 fully saturated rings. The van der Waals surface area contributed by atoms with Crippen LogP contribution in [0.5, 0.6) is 5.75 Å². The number of hydrogen-bond donors (Lipinski definition) is 2. The van der Waals surface area contributed by atoms with Crippen molar-refractivity contribution in [2.24, 2.45) is 4.99 Å². The van der Waals surface area contributed by atoms with E-state index in [0.717, 1.165) is 0 Å². The van der Waals surface area contributed by atoms with Gasteiger partial charge in [0.15, 0.2) is 0 Å². The minimum atomic E-state index is -3.77. The second-order valence-corrected chi connectivity index (χ2v) is 9.47. The van der Waals surface area contributed by atoms with Gasteiger partial charge in [0.05, 0.1) is 28.9 Å². The van der Waals surface area contributed by atoms with E-state index in [2.05, 4.69) is 14.8 Å². The van der Waals surface area contributed by atoms with Gasteiger partial charge < -0.3 is 4.74 Å². The Balaban J connectivity index is 1.52. The zero-order chi connectivity index (χ0) is 24.3. The van der Waals surface area contributed by atoms with E-state index < -0.39 is 10.0 Å². The number of H-pyrrole nitrogens is 1. The first-order valence-corrected chi connectivity index (χ1v) is 12.0. The summed E-state index contributed by atoms with van der Waals surface area (Å²) in [5, 5.41) is 3.59. The van der Waals surface area contributed by atoms with Gasteiger partial charge in [0.1, 0.15) is 5.75 Å². The molecule has 0 bridgehead atoms. The largest absolute Gasteiger partial charge is 0.497 e. The zero-order valence-corrected chi connectivity index (χ0v) is 19.9. The number of halogens is 1. The van der Waals surface area contributed by atoms with Crippen molar-refractivity contribution in [3.63, 3.8) is 0 Å². The maximum Gasteiger partial charge on any atom is 0.280 e. The second-order valence-electron chi connectivity index (χ2n) is 7.35. The highest BCUT2D eigenvalue weighted by atomic mass is 35.5. The monoisotopic (exact) mass is 496 g/mol. The quantitative estimate of drug-likeness (QED) is 0.362. The van der Waals surface area contributed by atoms with Crippen molar-refractivity contribution in [2.75, 3.05) is 11.8 Å². The molecule has 1 aromatic heterocycles. The van der Waals surface area contributed by atoms with Crippen LogP contribution in [0, 0.1) is 6.92 Å². The molecular weight excluding hydrogens is 476 g/mol. The SMILES string of the molecule is COc1ccc(NS(=O)(=O)c2ccc(N=Cc3c(C)[nH]n(-c4ccc(Cl)cc4)c3=O)cc2)cc1.